The fourth-order valence-corrected chi connectivity index (χ4v) is 6.47. The standard InChI is InChI=1S/C23H30N4O2.C7H12O/c1-15-12-22-18(13-19(15)17-6-10-29-11-7-17)4-3-8-27(22)23-20-14-26(16(2)28)9-5-21(20)24-25-23;8-6-7-4-2-1-3-5-7/h12-13,17H,3-11,14H2,1-2H3,(H,24,25);6-7H,1-5H2. The summed E-state index contributed by atoms with van der Waals surface area (Å²) in [5, 5.41) is 7.95. The molecule has 4 heterocycles. The van der Waals surface area contributed by atoms with Crippen LogP contribution in [0.4, 0.5) is 11.5 Å². The van der Waals surface area contributed by atoms with Gasteiger partial charge in [-0.3, -0.25) is 9.89 Å². The first-order chi connectivity index (χ1) is 18.0. The number of carbonyl (C=O) groups excluding carboxylic acids is 2. The van der Waals surface area contributed by atoms with Crippen LogP contribution in [-0.4, -0.2) is 53.6 Å². The van der Waals surface area contributed by atoms with E-state index in [0.29, 0.717) is 18.4 Å². The van der Waals surface area contributed by atoms with E-state index in [1.807, 2.05) is 4.90 Å². The molecule has 7 nitrogen and oxygen atoms in total. The van der Waals surface area contributed by atoms with Gasteiger partial charge >= 0.3 is 0 Å². The van der Waals surface area contributed by atoms with Gasteiger partial charge in [0.2, 0.25) is 5.91 Å². The number of rotatable bonds is 3. The van der Waals surface area contributed by atoms with Crippen molar-refractivity contribution in [2.45, 2.75) is 90.5 Å². The van der Waals surface area contributed by atoms with E-state index < -0.39 is 0 Å². The molecule has 2 aromatic rings. The van der Waals surface area contributed by atoms with Crippen molar-refractivity contribution < 1.29 is 14.3 Å². The van der Waals surface area contributed by atoms with Crippen LogP contribution in [0.25, 0.3) is 0 Å². The number of benzene rings is 1. The highest BCUT2D eigenvalue weighted by atomic mass is 16.5. The van der Waals surface area contributed by atoms with E-state index in [1.54, 1.807) is 6.92 Å². The molecule has 1 saturated heterocycles. The Morgan fingerprint density at radius 1 is 1.05 bits per heavy atom. The zero-order valence-electron chi connectivity index (χ0n) is 22.6. The van der Waals surface area contributed by atoms with E-state index in [1.165, 1.54) is 52.9 Å². The lowest BCUT2D eigenvalue weighted by Gasteiger charge is -2.34. The fraction of sp³-hybridized carbons (Fsp3) is 0.633. The number of aryl methyl sites for hydroxylation is 2. The molecule has 1 N–H and O–H groups in total. The lowest BCUT2D eigenvalue weighted by atomic mass is 9.85. The molecule has 4 aliphatic rings. The number of hydrogen-bond acceptors (Lipinski definition) is 5. The van der Waals surface area contributed by atoms with Gasteiger partial charge in [0.15, 0.2) is 5.82 Å². The van der Waals surface area contributed by atoms with Gasteiger partial charge in [-0.05, 0) is 74.1 Å². The summed E-state index contributed by atoms with van der Waals surface area (Å²) in [5.41, 5.74) is 7.96. The number of fused-ring (bicyclic) bond motifs is 2. The minimum absolute atomic E-state index is 0.138. The number of aromatic nitrogens is 2. The van der Waals surface area contributed by atoms with Crippen molar-refractivity contribution in [3.8, 4) is 0 Å². The van der Waals surface area contributed by atoms with Crippen LogP contribution in [0.1, 0.15) is 92.2 Å². The number of amides is 1. The predicted molar refractivity (Wildman–Crippen MR) is 145 cm³/mol. The van der Waals surface area contributed by atoms with Crippen LogP contribution in [0, 0.1) is 12.8 Å². The van der Waals surface area contributed by atoms with Gasteiger partial charge in [-0.2, -0.15) is 5.10 Å². The molecule has 7 heteroatoms. The Kier molecular flexibility index (Phi) is 8.28. The Morgan fingerprint density at radius 2 is 1.84 bits per heavy atom. The predicted octanol–water partition coefficient (Wildman–Crippen LogP) is 5.37. The normalized spacial score (nSPS) is 20.5. The molecule has 1 saturated carbocycles. The van der Waals surface area contributed by atoms with Crippen LogP contribution in [0.2, 0.25) is 0 Å². The second kappa shape index (κ2) is 11.8. The van der Waals surface area contributed by atoms with E-state index in [-0.39, 0.29) is 5.91 Å². The molecular formula is C30H42N4O3. The second-order valence-electron chi connectivity index (χ2n) is 11.2. The van der Waals surface area contributed by atoms with Gasteiger partial charge in [-0.15, -0.1) is 0 Å². The maximum absolute atomic E-state index is 11.9. The molecule has 37 heavy (non-hydrogen) atoms. The van der Waals surface area contributed by atoms with Crippen LogP contribution in [0.15, 0.2) is 12.1 Å². The summed E-state index contributed by atoms with van der Waals surface area (Å²) in [4.78, 5) is 26.4. The Hall–Kier alpha value is -2.67. The van der Waals surface area contributed by atoms with Gasteiger partial charge in [0.25, 0.3) is 0 Å². The summed E-state index contributed by atoms with van der Waals surface area (Å²) >= 11 is 0. The first-order valence-electron chi connectivity index (χ1n) is 14.3. The second-order valence-corrected chi connectivity index (χ2v) is 11.2. The van der Waals surface area contributed by atoms with Crippen molar-refractivity contribution in [1.82, 2.24) is 15.1 Å². The van der Waals surface area contributed by atoms with E-state index in [9.17, 15) is 9.59 Å². The summed E-state index contributed by atoms with van der Waals surface area (Å²) in [6.07, 6.45) is 12.6. The molecule has 6 rings (SSSR count). The van der Waals surface area contributed by atoms with Crippen LogP contribution in [0.3, 0.4) is 0 Å². The number of carbonyl (C=O) groups is 2. The third kappa shape index (κ3) is 5.77. The summed E-state index contributed by atoms with van der Waals surface area (Å²) in [5.74, 6) is 2.17. The zero-order valence-corrected chi connectivity index (χ0v) is 22.6. The largest absolute Gasteiger partial charge is 0.381 e. The highest BCUT2D eigenvalue weighted by molar-refractivity contribution is 5.75. The number of hydrogen-bond donors (Lipinski definition) is 1. The number of ether oxygens (including phenoxy) is 1. The van der Waals surface area contributed by atoms with Gasteiger partial charge in [0.1, 0.15) is 6.29 Å². The molecule has 3 aliphatic heterocycles. The van der Waals surface area contributed by atoms with Crippen molar-refractivity contribution in [1.29, 1.82) is 0 Å². The lowest BCUT2D eigenvalue weighted by Crippen LogP contribution is -2.35. The molecule has 0 radical (unpaired) electrons. The van der Waals surface area contributed by atoms with E-state index in [0.717, 1.165) is 83.4 Å². The smallest absolute Gasteiger partial charge is 0.219 e. The maximum atomic E-state index is 11.9. The van der Waals surface area contributed by atoms with Gasteiger partial charge in [-0.25, -0.2) is 0 Å². The van der Waals surface area contributed by atoms with E-state index in [4.69, 9.17) is 9.84 Å². The molecule has 0 atom stereocenters. The summed E-state index contributed by atoms with van der Waals surface area (Å²) < 4.78 is 5.57. The highest BCUT2D eigenvalue weighted by Gasteiger charge is 2.30. The zero-order chi connectivity index (χ0) is 25.8. The lowest BCUT2D eigenvalue weighted by molar-refractivity contribution is -0.129. The summed E-state index contributed by atoms with van der Waals surface area (Å²) in [6.45, 7) is 8.05. The molecule has 0 bridgehead atoms. The fourth-order valence-electron chi connectivity index (χ4n) is 6.47. The molecule has 200 valence electrons. The molecule has 1 amide bonds. The Balaban J connectivity index is 0.000000301. The third-order valence-electron chi connectivity index (χ3n) is 8.70. The van der Waals surface area contributed by atoms with Crippen molar-refractivity contribution in [3.05, 3.63) is 40.1 Å². The molecule has 0 unspecified atom stereocenters. The van der Waals surface area contributed by atoms with Crippen LogP contribution >= 0.6 is 0 Å². The Labute approximate surface area is 220 Å². The van der Waals surface area contributed by atoms with Gasteiger partial charge < -0.3 is 19.3 Å². The number of aromatic amines is 1. The molecule has 1 aromatic carbocycles. The molecule has 0 spiro atoms. The number of H-pyrrole nitrogens is 1. The quantitative estimate of drug-likeness (QED) is 0.567. The minimum Gasteiger partial charge on any atom is -0.381 e. The van der Waals surface area contributed by atoms with Gasteiger partial charge in [0.05, 0.1) is 6.54 Å². The number of aldehydes is 1. The molecule has 1 aromatic heterocycles. The van der Waals surface area contributed by atoms with Crippen molar-refractivity contribution in [2.24, 2.45) is 5.92 Å². The maximum Gasteiger partial charge on any atom is 0.219 e. The van der Waals surface area contributed by atoms with Crippen LogP contribution < -0.4 is 4.90 Å². The minimum atomic E-state index is 0.138. The summed E-state index contributed by atoms with van der Waals surface area (Å²) in [7, 11) is 0. The van der Waals surface area contributed by atoms with E-state index in [2.05, 4.69) is 29.1 Å². The molecule has 2 fully saturated rings. The van der Waals surface area contributed by atoms with Gasteiger partial charge in [0, 0.05) is 62.5 Å². The van der Waals surface area contributed by atoms with Crippen molar-refractivity contribution >= 4 is 23.7 Å². The molecule has 1 aliphatic carbocycles. The van der Waals surface area contributed by atoms with Crippen LogP contribution in [0.5, 0.6) is 0 Å². The number of nitrogens with zero attached hydrogens (tertiary/aromatic N) is 3. The first kappa shape index (κ1) is 26.0. The number of anilines is 2. The first-order valence-corrected chi connectivity index (χ1v) is 14.3. The average molecular weight is 507 g/mol. The average Bonchev–Trinajstić information content (AvgIpc) is 3.37. The monoisotopic (exact) mass is 506 g/mol. The number of nitrogens with one attached hydrogen (secondary N) is 1. The van der Waals surface area contributed by atoms with E-state index >= 15 is 0 Å². The third-order valence-corrected chi connectivity index (χ3v) is 8.70. The SMILES string of the molecule is CC(=O)N1CCc2[nH]nc(N3CCCc4cc(C5CCOCC5)c(C)cc43)c2C1.O=CC1CCCCC1. The highest BCUT2D eigenvalue weighted by Crippen LogP contribution is 2.40. The Morgan fingerprint density at radius 3 is 2.54 bits per heavy atom. The summed E-state index contributed by atoms with van der Waals surface area (Å²) in [6, 6.07) is 4.82. The Bertz CT molecular complexity index is 1100. The van der Waals surface area contributed by atoms with Crippen LogP contribution in [-0.2, 0) is 33.7 Å². The topological polar surface area (TPSA) is 78.5 Å². The molecular weight excluding hydrogens is 464 g/mol. The van der Waals surface area contributed by atoms with Crippen molar-refractivity contribution in [3.63, 3.8) is 0 Å². The van der Waals surface area contributed by atoms with Gasteiger partial charge in [-0.1, -0.05) is 25.3 Å². The van der Waals surface area contributed by atoms with Crippen molar-refractivity contribution in [2.75, 3.05) is 31.2 Å².